The van der Waals surface area contributed by atoms with Crippen molar-refractivity contribution in [2.45, 2.75) is 268 Å². The number of H-pyrrole nitrogens is 8. The molecule has 0 amide bonds. The highest BCUT2D eigenvalue weighted by atomic mass is 32.2. The van der Waals surface area contributed by atoms with E-state index in [1.165, 1.54) is 231 Å². The van der Waals surface area contributed by atoms with Gasteiger partial charge in [-0.25, -0.2) is 29.9 Å². The van der Waals surface area contributed by atoms with E-state index in [0.717, 1.165) is 117 Å². The highest BCUT2D eigenvalue weighted by Gasteiger charge is 2.29. The average molecular weight is 1760 g/mol. The molecule has 7 aromatic heterocycles. The fraction of sp³-hybridized carbons (Fsp3) is 0.620. The Balaban J connectivity index is 0.000000673. The molecule has 11 N–H and O–H groups in total. The van der Waals surface area contributed by atoms with Crippen LogP contribution >= 0.6 is 48.3 Å². The number of hydrogen-bond acceptors (Lipinski definition) is 20. The van der Waals surface area contributed by atoms with Gasteiger partial charge in [0, 0.05) is 180 Å². The Labute approximate surface area is 746 Å². The lowest BCUT2D eigenvalue weighted by atomic mass is 9.78. The number of nitrogens with one attached hydrogen (secondary N) is 8. The van der Waals surface area contributed by atoms with E-state index >= 15 is 0 Å². The molecule has 0 radical (unpaired) electrons. The Kier molecular flexibility index (Phi) is 63.7. The number of aromatic nitrogens is 14. The fourth-order valence-electron chi connectivity index (χ4n) is 14.2. The van der Waals surface area contributed by atoms with E-state index in [4.69, 9.17) is 12.2 Å². The van der Waals surface area contributed by atoms with E-state index < -0.39 is 5.60 Å². The molecule has 7 aliphatic carbocycles. The second-order valence-electron chi connectivity index (χ2n) is 32.6. The SMILES string of the molecule is C.C.C=C1CCC(Cc2cnc[nH]2)CC1.C=C1CCC(Cc2cnc[nH]2)CC1.CC#CC.CC1(O)CCC(Cc2cnc[nH]2)CC1.CC1=CCC(Cc2c[nH]c(=S)[nH]2)CC1.CC1=CCC(Cc2cnc[nH]2)CC1.CC1=CCC(Cc2cnc[nH]2)CC1.CC1=CCC(Cc2cnc[nH]2)CC1.CSOON(C)C.CSOON(C)C.CSOON(C)C.O. The van der Waals surface area contributed by atoms with Crippen LogP contribution in [0.15, 0.2) is 152 Å². The molecule has 14 rings (SSSR count). The van der Waals surface area contributed by atoms with Gasteiger partial charge in [0.15, 0.2) is 4.77 Å². The molecule has 25 nitrogen and oxygen atoms in total. The highest BCUT2D eigenvalue weighted by molar-refractivity contribution is 7.94. The fourth-order valence-corrected chi connectivity index (χ4v) is 15.0. The zero-order valence-electron chi connectivity index (χ0n) is 74.7. The number of imidazole rings is 7. The summed E-state index contributed by atoms with van der Waals surface area (Å²) in [5, 5.41) is 14.2. The summed E-state index contributed by atoms with van der Waals surface area (Å²) < 4.78 is 14.1. The largest absolute Gasteiger partial charge is 0.412 e. The van der Waals surface area contributed by atoms with E-state index in [1.807, 2.05) is 64.1 Å². The zero-order chi connectivity index (χ0) is 86.0. The summed E-state index contributed by atoms with van der Waals surface area (Å²) in [5.74, 6) is 11.0. The maximum Gasteiger partial charge on any atom is 0.174 e. The van der Waals surface area contributed by atoms with E-state index in [2.05, 4.69) is 175 Å². The van der Waals surface area contributed by atoms with E-state index in [-0.39, 0.29) is 20.3 Å². The summed E-state index contributed by atoms with van der Waals surface area (Å²) in [6.45, 7) is 22.5. The highest BCUT2D eigenvalue weighted by Crippen LogP contribution is 2.35. The minimum absolute atomic E-state index is 0. The van der Waals surface area contributed by atoms with Crippen LogP contribution in [0.3, 0.4) is 0 Å². The molecule has 7 aromatic rings. The summed E-state index contributed by atoms with van der Waals surface area (Å²) in [6, 6.07) is 0. The Morgan fingerprint density at radius 2 is 0.636 bits per heavy atom. The molecule has 0 saturated heterocycles. The van der Waals surface area contributed by atoms with Gasteiger partial charge in [0.25, 0.3) is 0 Å². The first-order valence-corrected chi connectivity index (χ1v) is 46.0. The van der Waals surface area contributed by atoms with Gasteiger partial charge in [0.05, 0.1) is 43.6 Å². The molecule has 0 spiro atoms. The Bertz CT molecular complexity index is 3590. The van der Waals surface area contributed by atoms with Crippen molar-refractivity contribution in [1.29, 1.82) is 0 Å². The van der Waals surface area contributed by atoms with Gasteiger partial charge in [-0.05, 0) is 301 Å². The molecular weight excluding hydrogens is 1600 g/mol. The van der Waals surface area contributed by atoms with Crippen LogP contribution < -0.4 is 0 Å². The van der Waals surface area contributed by atoms with Gasteiger partial charge >= 0.3 is 0 Å². The van der Waals surface area contributed by atoms with Crippen molar-refractivity contribution < 1.29 is 38.5 Å². The first-order valence-electron chi connectivity index (χ1n) is 42.1. The van der Waals surface area contributed by atoms with Gasteiger partial charge in [-0.3, -0.25) is 0 Å². The molecule has 0 aliphatic heterocycles. The number of hydroxylamine groups is 6. The van der Waals surface area contributed by atoms with Crippen molar-refractivity contribution in [3.05, 3.63) is 197 Å². The third-order valence-corrected chi connectivity index (χ3v) is 22.1. The van der Waals surface area contributed by atoms with Gasteiger partial charge in [-0.15, -0.1) is 39.8 Å². The lowest BCUT2D eigenvalue weighted by Gasteiger charge is -2.32. The van der Waals surface area contributed by atoms with E-state index in [1.54, 1.807) is 121 Å². The smallest absolute Gasteiger partial charge is 0.174 e. The number of aliphatic hydroxyl groups is 1. The number of hydrogen-bond donors (Lipinski definition) is 9. The predicted octanol–water partition coefficient (Wildman–Crippen LogP) is 22.3. The van der Waals surface area contributed by atoms with Crippen LogP contribution in [0.4, 0.5) is 0 Å². The molecule has 29 heteroatoms. The Morgan fingerprint density at radius 1 is 0.405 bits per heavy atom. The minimum Gasteiger partial charge on any atom is -0.412 e. The molecule has 7 heterocycles. The molecule has 7 aliphatic rings. The number of allylic oxidation sites excluding steroid dienone is 10. The average Bonchev–Trinajstić information content (AvgIpc) is 1.83. The summed E-state index contributed by atoms with van der Waals surface area (Å²) in [5.41, 5.74) is 17.5. The molecule has 0 bridgehead atoms. The summed E-state index contributed by atoms with van der Waals surface area (Å²) in [6.07, 6.45) is 76.5. The monoisotopic (exact) mass is 1760 g/mol. The number of rotatable bonds is 23. The van der Waals surface area contributed by atoms with Crippen LogP contribution in [-0.4, -0.2) is 162 Å². The Hall–Kier alpha value is -6.70. The van der Waals surface area contributed by atoms with Crippen molar-refractivity contribution in [1.82, 2.24) is 85.0 Å². The molecule has 4 unspecified atom stereocenters. The van der Waals surface area contributed by atoms with Gasteiger partial charge < -0.3 is 50.5 Å². The molecule has 4 atom stereocenters. The summed E-state index contributed by atoms with van der Waals surface area (Å²) >= 11 is 8.49. The maximum atomic E-state index is 9.80. The third-order valence-electron chi connectivity index (χ3n) is 21.3. The van der Waals surface area contributed by atoms with Crippen LogP contribution in [0.1, 0.15) is 257 Å². The van der Waals surface area contributed by atoms with Crippen LogP contribution in [0.5, 0.6) is 0 Å². The second-order valence-corrected chi connectivity index (χ2v) is 34.4. The topological polar surface area (TPSA) is 320 Å². The first-order chi connectivity index (χ1) is 56.8. The summed E-state index contributed by atoms with van der Waals surface area (Å²) in [4.78, 5) is 62.8. The lowest BCUT2D eigenvalue weighted by Crippen LogP contribution is -2.30. The standard InChI is InChI=1S/C11H18N2O.C11H16N2S.5C11H16N2.C4H6.3C3H9NO2S.2CH4.H2O/c1-11(14)4-2-9(3-5-11)6-10-7-12-8-13-10;1-8-2-4-9(5-3-8)6-10-7-12-11(14)13-10;5*1-9-2-4-10(5-3-9)6-11-7-12-8-13-11;1-3-4-2;3*1-4(2)5-6-7-3;;;/h7-9,14H,2-6H2,1H3,(H,12,13);2,7,9H,3-6H2,1H3,(H2,12,13,14);3*2,7-8,10H,3-6H2,1H3,(H,12,13);2*7-8,10H,1-6H2,(H,12,13);1-2H3;3*1-3H3;2*1H4;1H2. The van der Waals surface area contributed by atoms with Crippen molar-refractivity contribution in [3.63, 3.8) is 0 Å². The quantitative estimate of drug-likeness (QED) is 0.00717. The third kappa shape index (κ3) is 56.7. The van der Waals surface area contributed by atoms with Gasteiger partial charge in [0.2, 0.25) is 0 Å². The predicted molar refractivity (Wildman–Crippen MR) is 507 cm³/mol. The summed E-state index contributed by atoms with van der Waals surface area (Å²) in [7, 11) is 10.5. The van der Waals surface area contributed by atoms with Crippen LogP contribution in [0.2, 0.25) is 0 Å². The first kappa shape index (κ1) is 112. The van der Waals surface area contributed by atoms with Crippen molar-refractivity contribution >= 4 is 48.3 Å². The molecule has 682 valence electrons. The van der Waals surface area contributed by atoms with Crippen LogP contribution in [0.25, 0.3) is 0 Å². The van der Waals surface area contributed by atoms with Gasteiger partial charge in [-0.2, -0.15) is 15.2 Å². The Morgan fingerprint density at radius 3 is 0.818 bits per heavy atom. The maximum absolute atomic E-state index is 9.80. The second kappa shape index (κ2) is 68.6. The zero-order valence-corrected chi connectivity index (χ0v) is 78.0. The number of aromatic amines is 8. The molecule has 3 saturated carbocycles. The van der Waals surface area contributed by atoms with Crippen LogP contribution in [0, 0.1) is 58.0 Å². The molecule has 3 fully saturated rings. The van der Waals surface area contributed by atoms with E-state index in [9.17, 15) is 5.11 Å². The normalized spacial score (nSPS) is 19.8. The number of nitrogens with zero attached hydrogens (tertiary/aromatic N) is 9. The minimum atomic E-state index is -0.412. The van der Waals surface area contributed by atoms with Crippen molar-refractivity contribution in [2.24, 2.45) is 41.4 Å². The molecule has 121 heavy (non-hydrogen) atoms. The van der Waals surface area contributed by atoms with Crippen LogP contribution in [-0.2, 0) is 72.9 Å². The van der Waals surface area contributed by atoms with Crippen molar-refractivity contribution in [3.8, 4) is 11.8 Å². The van der Waals surface area contributed by atoms with Gasteiger partial charge in [-0.1, -0.05) is 85.8 Å². The molecule has 0 aromatic carbocycles. The van der Waals surface area contributed by atoms with Crippen molar-refractivity contribution in [2.75, 3.05) is 61.1 Å². The van der Waals surface area contributed by atoms with E-state index in [0.29, 0.717) is 0 Å². The lowest BCUT2D eigenvalue weighted by molar-refractivity contribution is -0.340. The molecular formula is C92H157N17O8S4. The van der Waals surface area contributed by atoms with Gasteiger partial charge in [0.1, 0.15) is 0 Å².